The summed E-state index contributed by atoms with van der Waals surface area (Å²) in [4.78, 5) is 13.1. The summed E-state index contributed by atoms with van der Waals surface area (Å²) in [6, 6.07) is 16.8. The molecule has 0 unspecified atom stereocenters. The van der Waals surface area contributed by atoms with Crippen LogP contribution in [0.1, 0.15) is 30.0 Å². The molecule has 0 spiro atoms. The smallest absolute Gasteiger partial charge is 0.232 e. The van der Waals surface area contributed by atoms with Crippen molar-refractivity contribution >= 4 is 44.2 Å². The second-order valence-electron chi connectivity index (χ2n) is 7.81. The van der Waals surface area contributed by atoms with Gasteiger partial charge in [-0.25, -0.2) is 8.42 Å². The fourth-order valence-corrected chi connectivity index (χ4v) is 5.68. The van der Waals surface area contributed by atoms with E-state index >= 15 is 0 Å². The van der Waals surface area contributed by atoms with Gasteiger partial charge in [-0.3, -0.25) is 9.10 Å². The highest BCUT2D eigenvalue weighted by Gasteiger charge is 2.23. The van der Waals surface area contributed by atoms with Crippen molar-refractivity contribution in [2.24, 2.45) is 0 Å². The van der Waals surface area contributed by atoms with Crippen LogP contribution in [-0.4, -0.2) is 45.5 Å². The molecule has 0 bridgehead atoms. The van der Waals surface area contributed by atoms with Crippen LogP contribution in [0.5, 0.6) is 0 Å². The quantitative estimate of drug-likeness (QED) is 0.241. The number of anilines is 1. The van der Waals surface area contributed by atoms with Gasteiger partial charge in [-0.2, -0.15) is 0 Å². The number of benzene rings is 2. The van der Waals surface area contributed by atoms with Crippen LogP contribution in [-0.2, 0) is 29.7 Å². The minimum Gasteiger partial charge on any atom is -0.347 e. The molecule has 0 amide bonds. The lowest BCUT2D eigenvalue weighted by Crippen LogP contribution is -2.30. The van der Waals surface area contributed by atoms with Gasteiger partial charge >= 0.3 is 0 Å². The van der Waals surface area contributed by atoms with Gasteiger partial charge in [0.05, 0.1) is 24.2 Å². The van der Waals surface area contributed by atoms with Gasteiger partial charge in [0.15, 0.2) is 16.8 Å². The third kappa shape index (κ3) is 4.88. The molecule has 0 aliphatic heterocycles. The molecule has 0 aliphatic carbocycles. The SMILES string of the molecule is CCn1c(CN(c2ccccc2)S(C)(=O)=O)nnc1SCC(=O)c1cn(CC)c2ccccc12. The van der Waals surface area contributed by atoms with Crippen LogP contribution in [0.15, 0.2) is 66.0 Å². The number of fused-ring (bicyclic) bond motifs is 1. The maximum Gasteiger partial charge on any atom is 0.232 e. The average Bonchev–Trinajstić information content (AvgIpc) is 3.41. The van der Waals surface area contributed by atoms with Crippen molar-refractivity contribution in [3.63, 3.8) is 0 Å². The van der Waals surface area contributed by atoms with Gasteiger partial charge < -0.3 is 9.13 Å². The number of aryl methyl sites for hydroxylation is 1. The van der Waals surface area contributed by atoms with Crippen LogP contribution in [0, 0.1) is 0 Å². The molecule has 0 N–H and O–H groups in total. The maximum atomic E-state index is 13.1. The number of carbonyl (C=O) groups excluding carboxylic acids is 1. The molecule has 0 fully saturated rings. The highest BCUT2D eigenvalue weighted by molar-refractivity contribution is 7.99. The minimum atomic E-state index is -3.53. The van der Waals surface area contributed by atoms with Gasteiger partial charge in [-0.05, 0) is 32.0 Å². The van der Waals surface area contributed by atoms with Gasteiger partial charge in [0.1, 0.15) is 0 Å². The number of Topliss-reactive ketones (excluding diaryl/α,β-unsaturated/α-hetero) is 1. The third-order valence-electron chi connectivity index (χ3n) is 5.60. The Bertz CT molecular complexity index is 1410. The minimum absolute atomic E-state index is 0.0163. The summed E-state index contributed by atoms with van der Waals surface area (Å²) in [5.74, 6) is 0.751. The number of ketones is 1. The first-order valence-corrected chi connectivity index (χ1v) is 13.9. The highest BCUT2D eigenvalue weighted by Crippen LogP contribution is 2.26. The molecular weight excluding hydrogens is 470 g/mol. The fraction of sp³-hybridized carbons (Fsp3) is 0.292. The summed E-state index contributed by atoms with van der Waals surface area (Å²) in [5, 5.41) is 10.0. The molecule has 178 valence electrons. The lowest BCUT2D eigenvalue weighted by atomic mass is 10.1. The van der Waals surface area contributed by atoms with E-state index in [1.54, 1.807) is 24.3 Å². The molecule has 4 aromatic rings. The van der Waals surface area contributed by atoms with E-state index in [9.17, 15) is 13.2 Å². The summed E-state index contributed by atoms with van der Waals surface area (Å²) in [6.45, 7) is 5.39. The number of nitrogens with zero attached hydrogens (tertiary/aromatic N) is 5. The lowest BCUT2D eigenvalue weighted by molar-refractivity contribution is 0.102. The van der Waals surface area contributed by atoms with Gasteiger partial charge in [0, 0.05) is 35.8 Å². The second kappa shape index (κ2) is 10.0. The normalized spacial score (nSPS) is 11.7. The van der Waals surface area contributed by atoms with Crippen molar-refractivity contribution in [2.75, 3.05) is 16.3 Å². The first-order valence-electron chi connectivity index (χ1n) is 11.0. The van der Waals surface area contributed by atoms with Crippen LogP contribution in [0.4, 0.5) is 5.69 Å². The Hall–Kier alpha value is -3.11. The average molecular weight is 498 g/mol. The molecule has 4 rings (SSSR count). The van der Waals surface area contributed by atoms with Gasteiger partial charge in [0.25, 0.3) is 0 Å². The standard InChI is InChI=1S/C24H27N5O3S2/c1-4-27-15-20(19-13-9-10-14-21(19)27)22(30)17-33-24-26-25-23(28(24)5-2)16-29(34(3,31)32)18-11-7-6-8-12-18/h6-15H,4-5,16-17H2,1-3H3. The van der Waals surface area contributed by atoms with Crippen molar-refractivity contribution < 1.29 is 13.2 Å². The summed E-state index contributed by atoms with van der Waals surface area (Å²) in [5.41, 5.74) is 2.30. The van der Waals surface area contributed by atoms with Crippen molar-refractivity contribution in [1.82, 2.24) is 19.3 Å². The van der Waals surface area contributed by atoms with Crippen molar-refractivity contribution in [3.05, 3.63) is 72.2 Å². The Morgan fingerprint density at radius 3 is 2.38 bits per heavy atom. The van der Waals surface area contributed by atoms with Crippen LogP contribution in [0.25, 0.3) is 10.9 Å². The molecule has 0 saturated carbocycles. The van der Waals surface area contributed by atoms with Crippen LogP contribution >= 0.6 is 11.8 Å². The predicted octanol–water partition coefficient (Wildman–Crippen LogP) is 4.21. The number of hydrogen-bond donors (Lipinski definition) is 0. The van der Waals surface area contributed by atoms with Crippen molar-refractivity contribution in [3.8, 4) is 0 Å². The van der Waals surface area contributed by atoms with E-state index in [1.807, 2.05) is 48.0 Å². The maximum absolute atomic E-state index is 13.1. The Labute approximate surface area is 203 Å². The number of carbonyl (C=O) groups is 1. The van der Waals surface area contributed by atoms with E-state index in [0.29, 0.717) is 28.8 Å². The molecule has 2 aromatic heterocycles. The van der Waals surface area contributed by atoms with Gasteiger partial charge in [-0.15, -0.1) is 10.2 Å². The van der Waals surface area contributed by atoms with Crippen molar-refractivity contribution in [1.29, 1.82) is 0 Å². The van der Waals surface area contributed by atoms with Gasteiger partial charge in [-0.1, -0.05) is 48.2 Å². The Balaban J connectivity index is 1.55. The molecule has 10 heteroatoms. The van der Waals surface area contributed by atoms with Crippen LogP contribution in [0.3, 0.4) is 0 Å². The zero-order chi connectivity index (χ0) is 24.3. The molecule has 34 heavy (non-hydrogen) atoms. The van der Waals surface area contributed by atoms with Crippen LogP contribution in [0.2, 0.25) is 0 Å². The molecule has 2 aromatic carbocycles. The monoisotopic (exact) mass is 497 g/mol. The zero-order valence-electron chi connectivity index (χ0n) is 19.4. The summed E-state index contributed by atoms with van der Waals surface area (Å²) >= 11 is 1.31. The van der Waals surface area contributed by atoms with Crippen molar-refractivity contribution in [2.45, 2.75) is 38.6 Å². The predicted molar refractivity (Wildman–Crippen MR) is 136 cm³/mol. The highest BCUT2D eigenvalue weighted by atomic mass is 32.2. The van der Waals surface area contributed by atoms with E-state index < -0.39 is 10.0 Å². The summed E-state index contributed by atoms with van der Waals surface area (Å²) in [7, 11) is -3.53. The molecule has 8 nitrogen and oxygen atoms in total. The fourth-order valence-electron chi connectivity index (χ4n) is 3.92. The van der Waals surface area contributed by atoms with E-state index in [1.165, 1.54) is 22.3 Å². The zero-order valence-corrected chi connectivity index (χ0v) is 21.0. The largest absolute Gasteiger partial charge is 0.347 e. The lowest BCUT2D eigenvalue weighted by Gasteiger charge is -2.22. The van der Waals surface area contributed by atoms with E-state index in [-0.39, 0.29) is 18.1 Å². The van der Waals surface area contributed by atoms with E-state index in [4.69, 9.17) is 0 Å². The van der Waals surface area contributed by atoms with Crippen LogP contribution < -0.4 is 4.31 Å². The van der Waals surface area contributed by atoms with E-state index in [2.05, 4.69) is 21.7 Å². The molecule has 0 saturated heterocycles. The Morgan fingerprint density at radius 2 is 1.71 bits per heavy atom. The molecule has 2 heterocycles. The first-order chi connectivity index (χ1) is 16.3. The third-order valence-corrected chi connectivity index (χ3v) is 7.71. The number of aromatic nitrogens is 4. The topological polar surface area (TPSA) is 90.1 Å². The number of para-hydroxylation sites is 2. The molecular formula is C24H27N5O3S2. The van der Waals surface area contributed by atoms with Gasteiger partial charge in [0.2, 0.25) is 10.0 Å². The summed E-state index contributed by atoms with van der Waals surface area (Å²) < 4.78 is 30.2. The number of hydrogen-bond acceptors (Lipinski definition) is 6. The number of sulfonamides is 1. The molecule has 0 radical (unpaired) electrons. The summed E-state index contributed by atoms with van der Waals surface area (Å²) in [6.07, 6.45) is 3.08. The Kier molecular flexibility index (Phi) is 7.08. The molecule has 0 atom stereocenters. The second-order valence-corrected chi connectivity index (χ2v) is 10.7. The molecule has 0 aliphatic rings. The number of thioether (sulfide) groups is 1. The Morgan fingerprint density at radius 1 is 1.00 bits per heavy atom. The number of rotatable bonds is 10. The first kappa shape index (κ1) is 24.0. The van der Waals surface area contributed by atoms with E-state index in [0.717, 1.165) is 17.4 Å².